The fraction of sp³-hybridized carbons (Fsp3) is 0.176. The van der Waals surface area contributed by atoms with Crippen molar-refractivity contribution in [2.24, 2.45) is 7.05 Å². The van der Waals surface area contributed by atoms with E-state index in [4.69, 9.17) is 0 Å². The first-order chi connectivity index (χ1) is 10.2. The van der Waals surface area contributed by atoms with Crippen LogP contribution in [-0.2, 0) is 19.9 Å². The van der Waals surface area contributed by atoms with Crippen LogP contribution in [0.4, 0.5) is 0 Å². The fourth-order valence-corrected chi connectivity index (χ4v) is 2.41. The van der Waals surface area contributed by atoms with Gasteiger partial charge in [0.1, 0.15) is 11.4 Å². The number of hydrogen-bond acceptors (Lipinski definition) is 3. The molecule has 0 atom stereocenters. The first-order valence-corrected chi connectivity index (χ1v) is 6.96. The Hall–Kier alpha value is -2.62. The van der Waals surface area contributed by atoms with Crippen molar-refractivity contribution in [3.63, 3.8) is 0 Å². The second-order valence-corrected chi connectivity index (χ2v) is 5.04. The predicted octanol–water partition coefficient (Wildman–Crippen LogP) is 2.97. The van der Waals surface area contributed by atoms with Crippen LogP contribution in [0.3, 0.4) is 0 Å². The molecule has 0 saturated carbocycles. The number of nitrogens with zero attached hydrogens (tertiary/aromatic N) is 3. The highest BCUT2D eigenvalue weighted by molar-refractivity contribution is 5.62. The molecule has 106 valence electrons. The largest absolute Gasteiger partial charge is 0.508 e. The van der Waals surface area contributed by atoms with Crippen LogP contribution in [0, 0.1) is 0 Å². The number of benzene rings is 2. The highest BCUT2D eigenvalue weighted by Crippen LogP contribution is 2.24. The number of aryl methyl sites for hydroxylation is 2. The molecule has 0 aliphatic carbocycles. The third kappa shape index (κ3) is 2.94. The summed E-state index contributed by atoms with van der Waals surface area (Å²) in [6.07, 6.45) is 1.83. The van der Waals surface area contributed by atoms with Crippen molar-refractivity contribution in [1.82, 2.24) is 15.0 Å². The van der Waals surface area contributed by atoms with Crippen molar-refractivity contribution in [3.05, 3.63) is 65.9 Å². The van der Waals surface area contributed by atoms with Crippen LogP contribution in [0.25, 0.3) is 11.3 Å². The smallest absolute Gasteiger partial charge is 0.116 e. The Bertz CT molecular complexity index is 718. The monoisotopic (exact) mass is 279 g/mol. The van der Waals surface area contributed by atoms with E-state index < -0.39 is 0 Å². The van der Waals surface area contributed by atoms with Crippen molar-refractivity contribution >= 4 is 0 Å². The molecule has 4 heteroatoms. The molecule has 3 rings (SSSR count). The highest BCUT2D eigenvalue weighted by atomic mass is 16.3. The Morgan fingerprint density at radius 2 is 1.67 bits per heavy atom. The number of phenols is 1. The van der Waals surface area contributed by atoms with Gasteiger partial charge in [-0.15, -0.1) is 5.10 Å². The lowest BCUT2D eigenvalue weighted by molar-refractivity contribution is 0.475. The Labute approximate surface area is 123 Å². The first kappa shape index (κ1) is 13.4. The maximum Gasteiger partial charge on any atom is 0.116 e. The molecule has 1 N–H and O–H groups in total. The third-order valence-electron chi connectivity index (χ3n) is 3.58. The third-order valence-corrected chi connectivity index (χ3v) is 3.58. The molecule has 0 bridgehead atoms. The summed E-state index contributed by atoms with van der Waals surface area (Å²) >= 11 is 0. The molecular formula is C17H17N3O. The van der Waals surface area contributed by atoms with E-state index in [0.717, 1.165) is 29.8 Å². The molecule has 0 aliphatic heterocycles. The second kappa shape index (κ2) is 5.79. The lowest BCUT2D eigenvalue weighted by Gasteiger charge is -2.05. The van der Waals surface area contributed by atoms with Crippen molar-refractivity contribution in [3.8, 4) is 17.0 Å². The average Bonchev–Trinajstić information content (AvgIpc) is 2.88. The lowest BCUT2D eigenvalue weighted by atomic mass is 10.0. The molecule has 4 nitrogen and oxygen atoms in total. The number of aromatic nitrogens is 3. The number of hydrogen-bond donors (Lipinski definition) is 1. The minimum absolute atomic E-state index is 0.258. The molecule has 3 aromatic rings. The normalized spacial score (nSPS) is 10.7. The predicted molar refractivity (Wildman–Crippen MR) is 82.0 cm³/mol. The van der Waals surface area contributed by atoms with Gasteiger partial charge >= 0.3 is 0 Å². The number of rotatable bonds is 4. The maximum absolute atomic E-state index is 9.39. The quantitative estimate of drug-likeness (QED) is 0.798. The zero-order valence-corrected chi connectivity index (χ0v) is 11.9. The van der Waals surface area contributed by atoms with Gasteiger partial charge in [-0.25, -0.2) is 0 Å². The van der Waals surface area contributed by atoms with Gasteiger partial charge in [-0.2, -0.15) is 0 Å². The minimum Gasteiger partial charge on any atom is -0.508 e. The average molecular weight is 279 g/mol. The maximum atomic E-state index is 9.39. The summed E-state index contributed by atoms with van der Waals surface area (Å²) in [7, 11) is 1.91. The van der Waals surface area contributed by atoms with Crippen molar-refractivity contribution < 1.29 is 5.11 Å². The van der Waals surface area contributed by atoms with Crippen molar-refractivity contribution in [1.29, 1.82) is 0 Å². The topological polar surface area (TPSA) is 50.9 Å². The minimum atomic E-state index is 0.258. The molecular weight excluding hydrogens is 262 g/mol. The molecule has 0 saturated heterocycles. The first-order valence-electron chi connectivity index (χ1n) is 6.96. The van der Waals surface area contributed by atoms with E-state index in [-0.39, 0.29) is 5.75 Å². The van der Waals surface area contributed by atoms with E-state index in [1.807, 2.05) is 29.9 Å². The molecule has 1 heterocycles. The molecule has 1 aromatic heterocycles. The molecule has 0 amide bonds. The van der Waals surface area contributed by atoms with Gasteiger partial charge in [-0.3, -0.25) is 4.68 Å². The summed E-state index contributed by atoms with van der Waals surface area (Å²) in [5.41, 5.74) is 4.26. The molecule has 0 aliphatic rings. The van der Waals surface area contributed by atoms with Crippen LogP contribution < -0.4 is 0 Å². The molecule has 2 aromatic carbocycles. The molecule has 0 fully saturated rings. The molecule has 0 unspecified atom stereocenters. The summed E-state index contributed by atoms with van der Waals surface area (Å²) in [6.45, 7) is 0. The fourth-order valence-electron chi connectivity index (χ4n) is 2.41. The summed E-state index contributed by atoms with van der Waals surface area (Å²) in [5, 5.41) is 17.8. The van der Waals surface area contributed by atoms with Gasteiger partial charge in [0.15, 0.2) is 0 Å². The van der Waals surface area contributed by atoms with Crippen LogP contribution >= 0.6 is 0 Å². The number of phenolic OH excluding ortho intramolecular Hbond substituents is 1. The Morgan fingerprint density at radius 1 is 0.952 bits per heavy atom. The van der Waals surface area contributed by atoms with E-state index in [0.29, 0.717) is 0 Å². The van der Waals surface area contributed by atoms with Crippen molar-refractivity contribution in [2.75, 3.05) is 0 Å². The van der Waals surface area contributed by atoms with E-state index in [1.54, 1.807) is 12.1 Å². The Kier molecular flexibility index (Phi) is 3.69. The standard InChI is InChI=1S/C17H17N3O/c1-20-16(12-7-13-5-3-2-4-6-13)17(18-19-20)14-8-10-15(21)11-9-14/h2-6,8-11,21H,7,12H2,1H3. The van der Waals surface area contributed by atoms with Gasteiger partial charge in [-0.1, -0.05) is 35.5 Å². The van der Waals surface area contributed by atoms with Gasteiger partial charge in [-0.05, 0) is 42.7 Å². The summed E-state index contributed by atoms with van der Waals surface area (Å²) in [6, 6.07) is 17.5. The van der Waals surface area contributed by atoms with E-state index >= 15 is 0 Å². The van der Waals surface area contributed by atoms with Crippen LogP contribution in [0.5, 0.6) is 5.75 Å². The second-order valence-electron chi connectivity index (χ2n) is 5.04. The molecule has 21 heavy (non-hydrogen) atoms. The summed E-state index contributed by atoms with van der Waals surface area (Å²) < 4.78 is 1.82. The Balaban J connectivity index is 1.85. The van der Waals surface area contributed by atoms with Crippen LogP contribution in [0.1, 0.15) is 11.3 Å². The van der Waals surface area contributed by atoms with E-state index in [1.165, 1.54) is 5.56 Å². The van der Waals surface area contributed by atoms with Crippen LogP contribution in [0.15, 0.2) is 54.6 Å². The number of aromatic hydroxyl groups is 1. The van der Waals surface area contributed by atoms with E-state index in [2.05, 4.69) is 34.6 Å². The van der Waals surface area contributed by atoms with Crippen LogP contribution in [0.2, 0.25) is 0 Å². The van der Waals surface area contributed by atoms with Gasteiger partial charge in [0.25, 0.3) is 0 Å². The Morgan fingerprint density at radius 3 is 2.38 bits per heavy atom. The lowest BCUT2D eigenvalue weighted by Crippen LogP contribution is -2.01. The molecule has 0 radical (unpaired) electrons. The zero-order valence-electron chi connectivity index (χ0n) is 11.9. The van der Waals surface area contributed by atoms with Gasteiger partial charge in [0.2, 0.25) is 0 Å². The van der Waals surface area contributed by atoms with E-state index in [9.17, 15) is 5.11 Å². The van der Waals surface area contributed by atoms with Crippen molar-refractivity contribution in [2.45, 2.75) is 12.8 Å². The summed E-state index contributed by atoms with van der Waals surface area (Å²) in [5.74, 6) is 0.258. The van der Waals surface area contributed by atoms with Gasteiger partial charge < -0.3 is 5.11 Å². The summed E-state index contributed by atoms with van der Waals surface area (Å²) in [4.78, 5) is 0. The van der Waals surface area contributed by atoms with Crippen LogP contribution in [-0.4, -0.2) is 20.1 Å². The van der Waals surface area contributed by atoms with Gasteiger partial charge in [0.05, 0.1) is 5.69 Å². The highest BCUT2D eigenvalue weighted by Gasteiger charge is 2.12. The SMILES string of the molecule is Cn1nnc(-c2ccc(O)cc2)c1CCc1ccccc1. The zero-order chi connectivity index (χ0) is 14.7. The molecule has 0 spiro atoms. The van der Waals surface area contributed by atoms with Gasteiger partial charge in [0, 0.05) is 12.6 Å².